The number of benzene rings is 1. The van der Waals surface area contributed by atoms with E-state index in [1.165, 1.54) is 13.4 Å². The molecule has 0 aliphatic rings. The molecule has 3 aromatic rings. The Morgan fingerprint density at radius 3 is 2.92 bits per heavy atom. The minimum Gasteiger partial charge on any atom is -0.504 e. The first-order valence-corrected chi connectivity index (χ1v) is 7.44. The summed E-state index contributed by atoms with van der Waals surface area (Å²) in [5, 5.41) is 18.9. The molecule has 124 valence electrons. The fraction of sp³-hybridized carbons (Fsp3) is 0.250. The van der Waals surface area contributed by atoms with E-state index < -0.39 is 0 Å². The van der Waals surface area contributed by atoms with Crippen molar-refractivity contribution in [1.82, 2.24) is 19.7 Å². The maximum absolute atomic E-state index is 9.59. The van der Waals surface area contributed by atoms with Gasteiger partial charge in [-0.3, -0.25) is 5.43 Å². The van der Waals surface area contributed by atoms with Gasteiger partial charge in [0.1, 0.15) is 6.33 Å². The second-order valence-corrected chi connectivity index (χ2v) is 5.44. The fourth-order valence-electron chi connectivity index (χ4n) is 2.27. The van der Waals surface area contributed by atoms with Gasteiger partial charge in [-0.05, 0) is 37.6 Å². The molecule has 2 aromatic heterocycles. The zero-order valence-electron chi connectivity index (χ0n) is 13.6. The number of ether oxygens (including phenoxy) is 1. The molecule has 0 aliphatic carbocycles. The summed E-state index contributed by atoms with van der Waals surface area (Å²) < 4.78 is 6.90. The summed E-state index contributed by atoms with van der Waals surface area (Å²) in [5.74, 6) is 1.05. The highest BCUT2D eigenvalue weighted by atomic mass is 16.5. The zero-order chi connectivity index (χ0) is 17.1. The molecule has 0 radical (unpaired) electrons. The number of aromatic nitrogens is 4. The number of phenolic OH excluding ortho intramolecular Hbond substituents is 1. The maximum Gasteiger partial charge on any atom is 0.163 e. The first kappa shape index (κ1) is 15.7. The lowest BCUT2D eigenvalue weighted by Crippen LogP contribution is -2.04. The molecule has 8 nitrogen and oxygen atoms in total. The van der Waals surface area contributed by atoms with E-state index >= 15 is 0 Å². The summed E-state index contributed by atoms with van der Waals surface area (Å²) >= 11 is 0. The average molecular weight is 326 g/mol. The van der Waals surface area contributed by atoms with Crippen LogP contribution in [0.2, 0.25) is 0 Å². The van der Waals surface area contributed by atoms with Crippen LogP contribution in [0, 0.1) is 0 Å². The molecule has 0 unspecified atom stereocenters. The van der Waals surface area contributed by atoms with Gasteiger partial charge < -0.3 is 9.84 Å². The number of phenols is 1. The Morgan fingerprint density at radius 1 is 1.33 bits per heavy atom. The molecule has 24 heavy (non-hydrogen) atoms. The first-order chi connectivity index (χ1) is 11.6. The van der Waals surface area contributed by atoms with Gasteiger partial charge >= 0.3 is 0 Å². The lowest BCUT2D eigenvalue weighted by atomic mass is 10.2. The summed E-state index contributed by atoms with van der Waals surface area (Å²) in [5.41, 5.74) is 4.43. The Kier molecular flexibility index (Phi) is 4.28. The summed E-state index contributed by atoms with van der Waals surface area (Å²) in [6, 6.07) is 5.18. The predicted octanol–water partition coefficient (Wildman–Crippen LogP) is 2.57. The van der Waals surface area contributed by atoms with Crippen LogP contribution in [0.5, 0.6) is 11.5 Å². The summed E-state index contributed by atoms with van der Waals surface area (Å²) in [6.07, 6.45) is 4.81. The van der Waals surface area contributed by atoms with Crippen molar-refractivity contribution in [3.8, 4) is 11.5 Å². The van der Waals surface area contributed by atoms with Crippen molar-refractivity contribution in [2.45, 2.75) is 19.9 Å². The number of nitrogens with one attached hydrogen (secondary N) is 1. The van der Waals surface area contributed by atoms with E-state index in [1.54, 1.807) is 30.6 Å². The summed E-state index contributed by atoms with van der Waals surface area (Å²) in [4.78, 5) is 8.48. The quantitative estimate of drug-likeness (QED) is 0.552. The van der Waals surface area contributed by atoms with Crippen molar-refractivity contribution in [2.75, 3.05) is 12.5 Å². The Balaban J connectivity index is 1.83. The third-order valence-corrected chi connectivity index (χ3v) is 3.47. The topological polar surface area (TPSA) is 97.5 Å². The smallest absolute Gasteiger partial charge is 0.163 e. The predicted molar refractivity (Wildman–Crippen MR) is 91.6 cm³/mol. The normalized spacial score (nSPS) is 11.5. The van der Waals surface area contributed by atoms with E-state index in [1.807, 2.05) is 18.5 Å². The Bertz CT molecular complexity index is 887. The zero-order valence-corrected chi connectivity index (χ0v) is 13.6. The van der Waals surface area contributed by atoms with Crippen LogP contribution in [0.1, 0.15) is 25.5 Å². The van der Waals surface area contributed by atoms with Crippen LogP contribution in [-0.2, 0) is 0 Å². The molecule has 1 aromatic carbocycles. The molecule has 0 saturated carbocycles. The van der Waals surface area contributed by atoms with Crippen molar-refractivity contribution in [2.24, 2.45) is 5.10 Å². The molecule has 8 heteroatoms. The third-order valence-electron chi connectivity index (χ3n) is 3.47. The number of fused-ring (bicyclic) bond motifs is 1. The lowest BCUT2D eigenvalue weighted by Gasteiger charge is -2.06. The second kappa shape index (κ2) is 6.53. The van der Waals surface area contributed by atoms with E-state index in [0.29, 0.717) is 11.6 Å². The van der Waals surface area contributed by atoms with Gasteiger partial charge in [0.2, 0.25) is 0 Å². The number of hydrazone groups is 1. The van der Waals surface area contributed by atoms with E-state index in [2.05, 4.69) is 25.6 Å². The van der Waals surface area contributed by atoms with Crippen LogP contribution < -0.4 is 10.2 Å². The van der Waals surface area contributed by atoms with Crippen molar-refractivity contribution in [1.29, 1.82) is 0 Å². The largest absolute Gasteiger partial charge is 0.504 e. The molecule has 0 saturated heterocycles. The van der Waals surface area contributed by atoms with Gasteiger partial charge in [-0.25, -0.2) is 14.6 Å². The molecular weight excluding hydrogens is 308 g/mol. The van der Waals surface area contributed by atoms with Crippen molar-refractivity contribution in [3.05, 3.63) is 36.3 Å². The van der Waals surface area contributed by atoms with E-state index in [4.69, 9.17) is 4.74 Å². The molecular formula is C16H18N6O2. The van der Waals surface area contributed by atoms with Gasteiger partial charge in [-0.2, -0.15) is 10.2 Å². The average Bonchev–Trinajstić information content (AvgIpc) is 3.01. The summed E-state index contributed by atoms with van der Waals surface area (Å²) in [6.45, 7) is 4.08. The third kappa shape index (κ3) is 2.98. The van der Waals surface area contributed by atoms with Crippen LogP contribution in [0.25, 0.3) is 11.0 Å². The maximum atomic E-state index is 9.59. The Labute approximate surface area is 138 Å². The van der Waals surface area contributed by atoms with Crippen LogP contribution in [0.15, 0.2) is 35.8 Å². The van der Waals surface area contributed by atoms with Crippen LogP contribution in [-0.4, -0.2) is 38.2 Å². The number of aromatic hydroxyl groups is 1. The molecule has 0 bridgehead atoms. The van der Waals surface area contributed by atoms with Crippen LogP contribution in [0.4, 0.5) is 5.82 Å². The van der Waals surface area contributed by atoms with Gasteiger partial charge in [0.15, 0.2) is 23.0 Å². The molecule has 0 aliphatic heterocycles. The molecule has 0 spiro atoms. The highest BCUT2D eigenvalue weighted by Crippen LogP contribution is 2.25. The van der Waals surface area contributed by atoms with Crippen LogP contribution >= 0.6 is 0 Å². The van der Waals surface area contributed by atoms with E-state index in [9.17, 15) is 5.11 Å². The molecule has 0 amide bonds. The number of rotatable bonds is 5. The number of nitrogens with zero attached hydrogens (tertiary/aromatic N) is 5. The van der Waals surface area contributed by atoms with Gasteiger partial charge in [0, 0.05) is 6.04 Å². The number of hydrogen-bond acceptors (Lipinski definition) is 7. The van der Waals surface area contributed by atoms with Crippen LogP contribution in [0.3, 0.4) is 0 Å². The first-order valence-electron chi connectivity index (χ1n) is 7.44. The summed E-state index contributed by atoms with van der Waals surface area (Å²) in [7, 11) is 1.50. The van der Waals surface area contributed by atoms with Crippen molar-refractivity contribution >= 4 is 23.1 Å². The highest BCUT2D eigenvalue weighted by Gasteiger charge is 2.11. The molecule has 0 fully saturated rings. The number of hydrogen-bond donors (Lipinski definition) is 2. The standard InChI is InChI=1S/C16H18N6O2/c1-10(2)22-16-12(8-20-22)15(17-9-18-16)21-19-7-11-4-5-13(23)14(6-11)24-3/h4-10,23H,1-3H3,(H,17,18,21)/b19-7-. The van der Waals surface area contributed by atoms with Crippen molar-refractivity contribution in [3.63, 3.8) is 0 Å². The van der Waals surface area contributed by atoms with E-state index in [0.717, 1.165) is 16.6 Å². The Morgan fingerprint density at radius 2 is 2.17 bits per heavy atom. The minimum absolute atomic E-state index is 0.0845. The second-order valence-electron chi connectivity index (χ2n) is 5.44. The highest BCUT2D eigenvalue weighted by molar-refractivity contribution is 5.87. The molecule has 3 rings (SSSR count). The van der Waals surface area contributed by atoms with Gasteiger partial charge in [-0.1, -0.05) is 0 Å². The monoisotopic (exact) mass is 326 g/mol. The van der Waals surface area contributed by atoms with Gasteiger partial charge in [0.25, 0.3) is 0 Å². The fourth-order valence-corrected chi connectivity index (χ4v) is 2.27. The van der Waals surface area contributed by atoms with E-state index in [-0.39, 0.29) is 11.8 Å². The lowest BCUT2D eigenvalue weighted by molar-refractivity contribution is 0.373. The molecule has 0 atom stereocenters. The number of methoxy groups -OCH3 is 1. The number of anilines is 1. The molecule has 2 heterocycles. The van der Waals surface area contributed by atoms with Gasteiger partial charge in [-0.15, -0.1) is 0 Å². The van der Waals surface area contributed by atoms with Gasteiger partial charge in [0.05, 0.1) is 24.9 Å². The SMILES string of the molecule is COc1cc(/C=N\Nc2ncnc3c2cnn3C(C)C)ccc1O. The molecule has 2 N–H and O–H groups in total. The minimum atomic E-state index is 0.0845. The Hall–Kier alpha value is -3.16. The van der Waals surface area contributed by atoms with Crippen molar-refractivity contribution < 1.29 is 9.84 Å².